The Hall–Kier alpha value is -0.530. The second kappa shape index (κ2) is 3.00. The van der Waals surface area contributed by atoms with Crippen molar-refractivity contribution in [3.05, 3.63) is 0 Å². The van der Waals surface area contributed by atoms with Gasteiger partial charge in [-0.3, -0.25) is 4.79 Å². The van der Waals surface area contributed by atoms with Gasteiger partial charge in [0.15, 0.2) is 0 Å². The largest absolute Gasteiger partial charge is 0.459 e. The van der Waals surface area contributed by atoms with Gasteiger partial charge in [0.2, 0.25) is 0 Å². The van der Waals surface area contributed by atoms with E-state index in [9.17, 15) is 4.79 Å². The van der Waals surface area contributed by atoms with Crippen molar-refractivity contribution in [2.75, 3.05) is 0 Å². The van der Waals surface area contributed by atoms with Crippen molar-refractivity contribution < 1.29 is 9.53 Å². The van der Waals surface area contributed by atoms with Crippen LogP contribution in [0.15, 0.2) is 0 Å². The number of carbonyl (C=O) groups is 1. The van der Waals surface area contributed by atoms with Gasteiger partial charge in [-0.25, -0.2) is 0 Å². The molecular weight excluding hydrogens is 164 g/mol. The first kappa shape index (κ1) is 9.04. The Morgan fingerprint density at radius 3 is 2.38 bits per heavy atom. The van der Waals surface area contributed by atoms with Gasteiger partial charge in [-0.15, -0.1) is 0 Å². The first-order chi connectivity index (χ1) is 6.12. The lowest BCUT2D eigenvalue weighted by Crippen LogP contribution is -2.38. The summed E-state index contributed by atoms with van der Waals surface area (Å²) in [7, 11) is 0. The molecule has 0 aromatic carbocycles. The lowest BCUT2D eigenvalue weighted by molar-refractivity contribution is -0.152. The Kier molecular flexibility index (Phi) is 2.09. The van der Waals surface area contributed by atoms with Crippen LogP contribution in [0.1, 0.15) is 46.0 Å². The van der Waals surface area contributed by atoms with Gasteiger partial charge < -0.3 is 4.74 Å². The highest BCUT2D eigenvalue weighted by atomic mass is 16.6. The molecule has 74 valence electrons. The molecule has 0 radical (unpaired) electrons. The number of hydrogen-bond acceptors (Lipinski definition) is 2. The zero-order valence-corrected chi connectivity index (χ0v) is 8.51. The predicted molar refractivity (Wildman–Crippen MR) is 50.2 cm³/mol. The Labute approximate surface area is 79.7 Å². The summed E-state index contributed by atoms with van der Waals surface area (Å²) in [5.41, 5.74) is -0.0659. The average molecular weight is 182 g/mol. The number of ether oxygens (including phenoxy) is 1. The fourth-order valence-corrected chi connectivity index (χ4v) is 2.65. The lowest BCUT2D eigenvalue weighted by Gasteiger charge is -2.37. The molecule has 1 heterocycles. The summed E-state index contributed by atoms with van der Waals surface area (Å²) in [5, 5.41) is 0. The fourth-order valence-electron chi connectivity index (χ4n) is 2.65. The Morgan fingerprint density at radius 1 is 1.31 bits per heavy atom. The Morgan fingerprint density at radius 2 is 1.92 bits per heavy atom. The minimum Gasteiger partial charge on any atom is -0.459 e. The van der Waals surface area contributed by atoms with E-state index < -0.39 is 0 Å². The molecule has 1 atom stereocenters. The van der Waals surface area contributed by atoms with Gasteiger partial charge in [-0.1, -0.05) is 13.8 Å². The van der Waals surface area contributed by atoms with Crippen LogP contribution < -0.4 is 0 Å². The third kappa shape index (κ3) is 1.47. The molecule has 2 nitrogen and oxygen atoms in total. The van der Waals surface area contributed by atoms with Crippen LogP contribution in [0.4, 0.5) is 0 Å². The quantitative estimate of drug-likeness (QED) is 0.538. The van der Waals surface area contributed by atoms with Crippen LogP contribution in [0.25, 0.3) is 0 Å². The van der Waals surface area contributed by atoms with Crippen molar-refractivity contribution in [3.63, 3.8) is 0 Å². The van der Waals surface area contributed by atoms with E-state index in [1.807, 2.05) is 0 Å². The van der Waals surface area contributed by atoms with Gasteiger partial charge in [0.25, 0.3) is 0 Å². The van der Waals surface area contributed by atoms with Crippen molar-refractivity contribution in [3.8, 4) is 0 Å². The molecule has 2 heteroatoms. The molecule has 2 aliphatic rings. The smallest absolute Gasteiger partial charge is 0.306 e. The first-order valence-corrected chi connectivity index (χ1v) is 5.34. The minimum atomic E-state index is -0.0659. The molecule has 0 bridgehead atoms. The second-order valence-corrected chi connectivity index (χ2v) is 4.83. The van der Waals surface area contributed by atoms with Crippen LogP contribution in [0.2, 0.25) is 0 Å². The van der Waals surface area contributed by atoms with E-state index in [1.165, 1.54) is 12.8 Å². The van der Waals surface area contributed by atoms with Crippen LogP contribution in [0.3, 0.4) is 0 Å². The van der Waals surface area contributed by atoms with E-state index in [2.05, 4.69) is 13.8 Å². The van der Waals surface area contributed by atoms with Crippen molar-refractivity contribution in [1.29, 1.82) is 0 Å². The van der Waals surface area contributed by atoms with Crippen molar-refractivity contribution in [2.45, 2.75) is 51.6 Å². The molecule has 1 saturated carbocycles. The molecule has 1 spiro atoms. The molecule has 1 saturated heterocycles. The highest BCUT2D eigenvalue weighted by molar-refractivity contribution is 5.72. The SMILES string of the molecule is CC1CCC2(CC1)OC(=O)CC2C. The molecule has 13 heavy (non-hydrogen) atoms. The van der Waals surface area contributed by atoms with Gasteiger partial charge in [0, 0.05) is 5.92 Å². The second-order valence-electron chi connectivity index (χ2n) is 4.83. The van der Waals surface area contributed by atoms with Gasteiger partial charge >= 0.3 is 5.97 Å². The molecule has 1 aliphatic carbocycles. The van der Waals surface area contributed by atoms with Crippen molar-refractivity contribution in [2.24, 2.45) is 11.8 Å². The predicted octanol–water partition coefficient (Wildman–Crippen LogP) is 2.52. The zero-order chi connectivity index (χ0) is 9.47. The molecule has 1 unspecified atom stereocenters. The summed E-state index contributed by atoms with van der Waals surface area (Å²) in [5.74, 6) is 1.27. The van der Waals surface area contributed by atoms with E-state index in [1.54, 1.807) is 0 Å². The molecule has 1 aliphatic heterocycles. The topological polar surface area (TPSA) is 26.3 Å². The zero-order valence-electron chi connectivity index (χ0n) is 8.51. The average Bonchev–Trinajstić information content (AvgIpc) is 2.34. The molecule has 2 fully saturated rings. The highest BCUT2D eigenvalue weighted by Gasteiger charge is 2.47. The van der Waals surface area contributed by atoms with Crippen molar-refractivity contribution in [1.82, 2.24) is 0 Å². The molecule has 2 rings (SSSR count). The maximum absolute atomic E-state index is 11.2. The van der Waals surface area contributed by atoms with E-state index in [0.717, 1.165) is 18.8 Å². The van der Waals surface area contributed by atoms with Gasteiger partial charge in [0.1, 0.15) is 5.60 Å². The third-order valence-corrected chi connectivity index (χ3v) is 3.81. The molecule has 0 aromatic heterocycles. The number of esters is 1. The van der Waals surface area contributed by atoms with Crippen LogP contribution in [-0.4, -0.2) is 11.6 Å². The summed E-state index contributed by atoms with van der Waals surface area (Å²) in [6, 6.07) is 0. The molecular formula is C11H18O2. The van der Waals surface area contributed by atoms with Crippen LogP contribution in [-0.2, 0) is 9.53 Å². The normalized spacial score (nSPS) is 45.2. The third-order valence-electron chi connectivity index (χ3n) is 3.81. The van der Waals surface area contributed by atoms with Crippen molar-refractivity contribution >= 4 is 5.97 Å². The summed E-state index contributed by atoms with van der Waals surface area (Å²) >= 11 is 0. The lowest BCUT2D eigenvalue weighted by atomic mass is 9.73. The van der Waals surface area contributed by atoms with Gasteiger partial charge in [-0.05, 0) is 31.6 Å². The molecule has 0 aromatic rings. The maximum Gasteiger partial charge on any atom is 0.306 e. The van der Waals surface area contributed by atoms with E-state index in [4.69, 9.17) is 4.74 Å². The summed E-state index contributed by atoms with van der Waals surface area (Å²) in [4.78, 5) is 11.2. The maximum atomic E-state index is 11.2. The summed E-state index contributed by atoms with van der Waals surface area (Å²) in [6.07, 6.45) is 5.24. The highest BCUT2D eigenvalue weighted by Crippen LogP contribution is 2.45. The monoisotopic (exact) mass is 182 g/mol. The summed E-state index contributed by atoms with van der Waals surface area (Å²) in [6.45, 7) is 4.44. The van der Waals surface area contributed by atoms with Gasteiger partial charge in [-0.2, -0.15) is 0 Å². The van der Waals surface area contributed by atoms with Gasteiger partial charge in [0.05, 0.1) is 6.42 Å². The van der Waals surface area contributed by atoms with Crippen LogP contribution >= 0.6 is 0 Å². The van der Waals surface area contributed by atoms with E-state index >= 15 is 0 Å². The first-order valence-electron chi connectivity index (χ1n) is 5.34. The van der Waals surface area contributed by atoms with Crippen LogP contribution in [0, 0.1) is 11.8 Å². The minimum absolute atomic E-state index is 0.0158. The number of rotatable bonds is 0. The Balaban J connectivity index is 2.08. The number of hydrogen-bond donors (Lipinski definition) is 0. The number of carbonyl (C=O) groups excluding carboxylic acids is 1. The fraction of sp³-hybridized carbons (Fsp3) is 0.909. The Bertz CT molecular complexity index is 214. The van der Waals surface area contributed by atoms with E-state index in [-0.39, 0.29) is 11.6 Å². The van der Waals surface area contributed by atoms with E-state index in [0.29, 0.717) is 12.3 Å². The van der Waals surface area contributed by atoms with Crippen LogP contribution in [0.5, 0.6) is 0 Å². The standard InChI is InChI=1S/C11H18O2/c1-8-3-5-11(6-4-8)9(2)7-10(12)13-11/h8-9H,3-7H2,1-2H3. The summed E-state index contributed by atoms with van der Waals surface area (Å²) < 4.78 is 5.51. The molecule has 0 amide bonds. The molecule has 0 N–H and O–H groups in total.